The Labute approximate surface area is 98.9 Å². The molecule has 1 aliphatic rings. The van der Waals surface area contributed by atoms with Crippen LogP contribution >= 0.6 is 11.3 Å². The van der Waals surface area contributed by atoms with Crippen LogP contribution in [0.3, 0.4) is 0 Å². The highest BCUT2D eigenvalue weighted by molar-refractivity contribution is 7.15. The van der Waals surface area contributed by atoms with Crippen LogP contribution in [0.5, 0.6) is 0 Å². The third kappa shape index (κ3) is 2.19. The molecule has 88 valence electrons. The Morgan fingerprint density at radius 1 is 1.50 bits per heavy atom. The normalized spacial score (nSPS) is 17.8. The fourth-order valence-electron chi connectivity index (χ4n) is 1.92. The fraction of sp³-hybridized carbons (Fsp3) is 0.636. The standard InChI is InChI=1S/C11H16N2O2S/c1-7-3-5-13(6-4-7)11-12-9(10(14)15)8(2)16-11/h7H,3-6H2,1-2H3,(H,14,15). The van der Waals surface area contributed by atoms with Crippen LogP contribution in [0, 0.1) is 12.8 Å². The highest BCUT2D eigenvalue weighted by Gasteiger charge is 2.21. The van der Waals surface area contributed by atoms with Crippen molar-refractivity contribution in [2.45, 2.75) is 26.7 Å². The zero-order valence-corrected chi connectivity index (χ0v) is 10.4. The van der Waals surface area contributed by atoms with E-state index < -0.39 is 5.97 Å². The van der Waals surface area contributed by atoms with Gasteiger partial charge < -0.3 is 10.0 Å². The summed E-state index contributed by atoms with van der Waals surface area (Å²) in [5, 5.41) is 9.81. The van der Waals surface area contributed by atoms with E-state index in [1.54, 1.807) is 0 Å². The molecule has 1 N–H and O–H groups in total. The van der Waals surface area contributed by atoms with Crippen molar-refractivity contribution in [2.75, 3.05) is 18.0 Å². The summed E-state index contributed by atoms with van der Waals surface area (Å²) in [6, 6.07) is 0. The van der Waals surface area contributed by atoms with E-state index in [1.165, 1.54) is 24.2 Å². The summed E-state index contributed by atoms with van der Waals surface area (Å²) >= 11 is 1.48. The van der Waals surface area contributed by atoms with Crippen molar-refractivity contribution in [1.29, 1.82) is 0 Å². The van der Waals surface area contributed by atoms with Crippen molar-refractivity contribution < 1.29 is 9.90 Å². The number of hydrogen-bond donors (Lipinski definition) is 1. The number of nitrogens with zero attached hydrogens (tertiary/aromatic N) is 2. The second kappa shape index (κ2) is 4.41. The molecule has 0 radical (unpaired) electrons. The van der Waals surface area contributed by atoms with E-state index >= 15 is 0 Å². The van der Waals surface area contributed by atoms with Crippen LogP contribution in [0.1, 0.15) is 35.1 Å². The molecule has 2 heterocycles. The molecule has 0 aliphatic carbocycles. The monoisotopic (exact) mass is 240 g/mol. The van der Waals surface area contributed by atoms with Crippen LogP contribution in [0.4, 0.5) is 5.13 Å². The second-order valence-corrected chi connectivity index (χ2v) is 5.56. The Bertz CT molecular complexity index is 395. The third-order valence-electron chi connectivity index (χ3n) is 3.04. The molecule has 0 saturated carbocycles. The van der Waals surface area contributed by atoms with Crippen molar-refractivity contribution in [3.63, 3.8) is 0 Å². The first-order valence-electron chi connectivity index (χ1n) is 5.53. The lowest BCUT2D eigenvalue weighted by Gasteiger charge is -2.29. The van der Waals surface area contributed by atoms with Gasteiger partial charge in [0.05, 0.1) is 0 Å². The molecular weight excluding hydrogens is 224 g/mol. The molecule has 1 aliphatic heterocycles. The van der Waals surface area contributed by atoms with Crippen molar-refractivity contribution in [1.82, 2.24) is 4.98 Å². The van der Waals surface area contributed by atoms with E-state index in [1.807, 2.05) is 6.92 Å². The minimum absolute atomic E-state index is 0.207. The summed E-state index contributed by atoms with van der Waals surface area (Å²) < 4.78 is 0. The Morgan fingerprint density at radius 2 is 2.12 bits per heavy atom. The van der Waals surface area contributed by atoms with Crippen LogP contribution in [0.25, 0.3) is 0 Å². The molecule has 16 heavy (non-hydrogen) atoms. The number of piperidine rings is 1. The summed E-state index contributed by atoms with van der Waals surface area (Å²) in [5.74, 6) is -0.151. The minimum Gasteiger partial charge on any atom is -0.476 e. The van der Waals surface area contributed by atoms with Gasteiger partial charge in [-0.1, -0.05) is 6.92 Å². The first-order chi connectivity index (χ1) is 7.58. The van der Waals surface area contributed by atoms with Gasteiger partial charge in [-0.25, -0.2) is 9.78 Å². The lowest BCUT2D eigenvalue weighted by molar-refractivity contribution is 0.0690. The number of carbonyl (C=O) groups is 1. The second-order valence-electron chi connectivity index (χ2n) is 4.38. The molecule has 1 saturated heterocycles. The van der Waals surface area contributed by atoms with Gasteiger partial charge >= 0.3 is 5.97 Å². The summed E-state index contributed by atoms with van der Waals surface area (Å²) in [6.45, 7) is 6.06. The quantitative estimate of drug-likeness (QED) is 0.862. The Hall–Kier alpha value is -1.10. The molecule has 0 unspecified atom stereocenters. The SMILES string of the molecule is Cc1sc(N2CCC(C)CC2)nc1C(=O)O. The predicted octanol–water partition coefficient (Wildman–Crippen LogP) is 2.39. The minimum atomic E-state index is -0.926. The number of anilines is 1. The fourth-order valence-corrected chi connectivity index (χ4v) is 2.87. The van der Waals surface area contributed by atoms with E-state index in [9.17, 15) is 4.79 Å². The summed E-state index contributed by atoms with van der Waals surface area (Å²) in [5.41, 5.74) is 0.207. The van der Waals surface area contributed by atoms with Crippen LogP contribution < -0.4 is 4.90 Å². The maximum Gasteiger partial charge on any atom is 0.355 e. The Morgan fingerprint density at radius 3 is 2.62 bits per heavy atom. The van der Waals surface area contributed by atoms with Crippen molar-refractivity contribution in [2.24, 2.45) is 5.92 Å². The topological polar surface area (TPSA) is 53.4 Å². The van der Waals surface area contributed by atoms with E-state index in [-0.39, 0.29) is 5.69 Å². The molecule has 1 aromatic rings. The van der Waals surface area contributed by atoms with Crippen LogP contribution in [0.15, 0.2) is 0 Å². The lowest BCUT2D eigenvalue weighted by Crippen LogP contribution is -2.32. The number of aromatic nitrogens is 1. The van der Waals surface area contributed by atoms with Gasteiger partial charge in [0, 0.05) is 18.0 Å². The number of aromatic carboxylic acids is 1. The molecule has 0 spiro atoms. The third-order valence-corrected chi connectivity index (χ3v) is 4.07. The average molecular weight is 240 g/mol. The molecule has 2 rings (SSSR count). The largest absolute Gasteiger partial charge is 0.476 e. The smallest absolute Gasteiger partial charge is 0.355 e. The van der Waals surface area contributed by atoms with Crippen LogP contribution in [-0.4, -0.2) is 29.1 Å². The lowest BCUT2D eigenvalue weighted by atomic mass is 10.00. The van der Waals surface area contributed by atoms with Gasteiger partial charge in [-0.05, 0) is 25.7 Å². The van der Waals surface area contributed by atoms with E-state index in [2.05, 4.69) is 16.8 Å². The summed E-state index contributed by atoms with van der Waals surface area (Å²) in [4.78, 5) is 18.1. The Kier molecular flexibility index (Phi) is 3.14. The molecule has 0 amide bonds. The van der Waals surface area contributed by atoms with Crippen molar-refractivity contribution in [3.05, 3.63) is 10.6 Å². The predicted molar refractivity (Wildman–Crippen MR) is 64.4 cm³/mol. The molecule has 0 bridgehead atoms. The first-order valence-corrected chi connectivity index (χ1v) is 6.35. The van der Waals surface area contributed by atoms with Crippen molar-refractivity contribution >= 4 is 22.4 Å². The molecule has 1 fully saturated rings. The Balaban J connectivity index is 2.15. The zero-order chi connectivity index (χ0) is 11.7. The van der Waals surface area contributed by atoms with Gasteiger partial charge in [-0.2, -0.15) is 0 Å². The number of carboxylic acid groups (broad SMARTS) is 1. The number of rotatable bonds is 2. The molecule has 4 nitrogen and oxygen atoms in total. The maximum atomic E-state index is 10.9. The number of hydrogen-bond acceptors (Lipinski definition) is 4. The molecule has 0 atom stereocenters. The van der Waals surface area contributed by atoms with Crippen molar-refractivity contribution in [3.8, 4) is 0 Å². The maximum absolute atomic E-state index is 10.9. The zero-order valence-electron chi connectivity index (χ0n) is 9.56. The summed E-state index contributed by atoms with van der Waals surface area (Å²) in [6.07, 6.45) is 2.34. The van der Waals surface area contributed by atoms with Gasteiger partial charge in [0.15, 0.2) is 10.8 Å². The highest BCUT2D eigenvalue weighted by Crippen LogP contribution is 2.29. The highest BCUT2D eigenvalue weighted by atomic mass is 32.1. The number of carboxylic acids is 1. The molecule has 1 aromatic heterocycles. The van der Waals surface area contributed by atoms with Gasteiger partial charge in [-0.3, -0.25) is 0 Å². The summed E-state index contributed by atoms with van der Waals surface area (Å²) in [7, 11) is 0. The number of aryl methyl sites for hydroxylation is 1. The van der Waals surface area contributed by atoms with Gasteiger partial charge in [0.1, 0.15) is 0 Å². The molecule has 0 aromatic carbocycles. The molecular formula is C11H16N2O2S. The van der Waals surface area contributed by atoms with Crippen LogP contribution in [-0.2, 0) is 0 Å². The van der Waals surface area contributed by atoms with Gasteiger partial charge in [0.25, 0.3) is 0 Å². The van der Waals surface area contributed by atoms with Gasteiger partial charge in [0.2, 0.25) is 0 Å². The van der Waals surface area contributed by atoms with E-state index in [0.29, 0.717) is 0 Å². The van der Waals surface area contributed by atoms with E-state index in [4.69, 9.17) is 5.11 Å². The molecule has 5 heteroatoms. The average Bonchev–Trinajstić information content (AvgIpc) is 2.61. The number of thiazole rings is 1. The van der Waals surface area contributed by atoms with E-state index in [0.717, 1.165) is 29.0 Å². The van der Waals surface area contributed by atoms with Gasteiger partial charge in [-0.15, -0.1) is 11.3 Å². The van der Waals surface area contributed by atoms with Crippen LogP contribution in [0.2, 0.25) is 0 Å². The first kappa shape index (κ1) is 11.4.